The van der Waals surface area contributed by atoms with Gasteiger partial charge >= 0.3 is 6.03 Å². The van der Waals surface area contributed by atoms with Crippen molar-refractivity contribution in [1.82, 2.24) is 25.0 Å². The Morgan fingerprint density at radius 2 is 2.26 bits per heavy atom. The Morgan fingerprint density at radius 1 is 1.30 bits per heavy atom. The number of thiophene rings is 1. The van der Waals surface area contributed by atoms with Crippen molar-refractivity contribution in [3.05, 3.63) is 34.0 Å². The van der Waals surface area contributed by atoms with Crippen molar-refractivity contribution < 1.29 is 4.79 Å². The van der Waals surface area contributed by atoms with Crippen molar-refractivity contribution in [2.24, 2.45) is 0 Å². The van der Waals surface area contributed by atoms with E-state index in [-0.39, 0.29) is 12.1 Å². The number of nitrogens with zero attached hydrogens (tertiary/aromatic N) is 4. The molecule has 2 aliphatic rings. The van der Waals surface area contributed by atoms with Gasteiger partial charge in [-0.3, -0.25) is 0 Å². The van der Waals surface area contributed by atoms with Crippen LogP contribution >= 0.6 is 11.3 Å². The van der Waals surface area contributed by atoms with Gasteiger partial charge in [-0.25, -0.2) is 4.79 Å². The van der Waals surface area contributed by atoms with Gasteiger partial charge in [-0.05, 0) is 48.1 Å². The Hall–Kier alpha value is -1.89. The predicted molar refractivity (Wildman–Crippen MR) is 88.2 cm³/mol. The average Bonchev–Trinajstić information content (AvgIpc) is 3.31. The summed E-state index contributed by atoms with van der Waals surface area (Å²) in [6.45, 7) is 2.25. The fourth-order valence-corrected chi connectivity index (χ4v) is 4.28. The number of hydrogen-bond acceptors (Lipinski definition) is 4. The van der Waals surface area contributed by atoms with E-state index in [1.165, 1.54) is 18.4 Å². The topological polar surface area (TPSA) is 63.1 Å². The van der Waals surface area contributed by atoms with Gasteiger partial charge in [0.15, 0.2) is 5.82 Å². The van der Waals surface area contributed by atoms with E-state index in [9.17, 15) is 4.79 Å². The maximum Gasteiger partial charge on any atom is 0.318 e. The molecule has 0 saturated carbocycles. The van der Waals surface area contributed by atoms with Gasteiger partial charge in [-0.15, -0.1) is 10.2 Å². The van der Waals surface area contributed by atoms with Crippen LogP contribution in [0.4, 0.5) is 4.79 Å². The second-order valence-corrected chi connectivity index (χ2v) is 6.99. The molecule has 1 atom stereocenters. The summed E-state index contributed by atoms with van der Waals surface area (Å²) in [5.41, 5.74) is 1.25. The first kappa shape index (κ1) is 14.7. The van der Waals surface area contributed by atoms with E-state index in [0.29, 0.717) is 6.54 Å². The number of aryl methyl sites for hydroxylation is 1. The molecule has 0 aliphatic carbocycles. The number of fused-ring (bicyclic) bond motifs is 1. The zero-order chi connectivity index (χ0) is 15.6. The van der Waals surface area contributed by atoms with Crippen LogP contribution in [-0.2, 0) is 19.5 Å². The van der Waals surface area contributed by atoms with Gasteiger partial charge < -0.3 is 14.8 Å². The molecule has 2 aliphatic heterocycles. The third-order valence-corrected chi connectivity index (χ3v) is 5.48. The van der Waals surface area contributed by atoms with E-state index < -0.39 is 0 Å². The zero-order valence-electron chi connectivity index (χ0n) is 13.1. The van der Waals surface area contributed by atoms with E-state index in [1.54, 1.807) is 11.3 Å². The van der Waals surface area contributed by atoms with Gasteiger partial charge in [0, 0.05) is 19.5 Å². The molecule has 2 amide bonds. The molecule has 0 radical (unpaired) electrons. The van der Waals surface area contributed by atoms with Crippen LogP contribution in [0.3, 0.4) is 0 Å². The van der Waals surface area contributed by atoms with Gasteiger partial charge in [-0.2, -0.15) is 11.3 Å². The predicted octanol–water partition coefficient (Wildman–Crippen LogP) is 2.72. The van der Waals surface area contributed by atoms with Crippen LogP contribution in [0.15, 0.2) is 16.8 Å². The summed E-state index contributed by atoms with van der Waals surface area (Å²) in [7, 11) is 0. The van der Waals surface area contributed by atoms with Crippen molar-refractivity contribution in [2.45, 2.75) is 51.2 Å². The molecule has 2 aromatic heterocycles. The van der Waals surface area contributed by atoms with Crippen LogP contribution < -0.4 is 5.32 Å². The quantitative estimate of drug-likeness (QED) is 0.940. The molecule has 6 nitrogen and oxygen atoms in total. The smallest absolute Gasteiger partial charge is 0.318 e. The molecular weight excluding hydrogens is 310 g/mol. The van der Waals surface area contributed by atoms with Gasteiger partial charge in [-0.1, -0.05) is 0 Å². The van der Waals surface area contributed by atoms with Crippen molar-refractivity contribution in [3.8, 4) is 0 Å². The molecule has 7 heteroatoms. The molecule has 0 unspecified atom stereocenters. The number of nitrogens with one attached hydrogen (secondary N) is 1. The van der Waals surface area contributed by atoms with Crippen molar-refractivity contribution >= 4 is 17.4 Å². The third kappa shape index (κ3) is 2.85. The average molecular weight is 331 g/mol. The van der Waals surface area contributed by atoms with E-state index in [4.69, 9.17) is 0 Å². The fourth-order valence-electron chi connectivity index (χ4n) is 3.58. The molecule has 1 fully saturated rings. The van der Waals surface area contributed by atoms with Gasteiger partial charge in [0.1, 0.15) is 5.82 Å². The van der Waals surface area contributed by atoms with Crippen LogP contribution in [0.1, 0.15) is 48.9 Å². The lowest BCUT2D eigenvalue weighted by molar-refractivity contribution is 0.192. The number of aromatic nitrogens is 3. The van der Waals surface area contributed by atoms with E-state index >= 15 is 0 Å². The summed E-state index contributed by atoms with van der Waals surface area (Å²) in [5, 5.41) is 15.7. The molecule has 1 N–H and O–H groups in total. The first-order valence-electron chi connectivity index (χ1n) is 8.30. The van der Waals surface area contributed by atoms with Crippen molar-refractivity contribution in [1.29, 1.82) is 0 Å². The Labute approximate surface area is 139 Å². The summed E-state index contributed by atoms with van der Waals surface area (Å²) in [6, 6.07) is 2.34. The summed E-state index contributed by atoms with van der Waals surface area (Å²) in [6.07, 6.45) is 5.45. The van der Waals surface area contributed by atoms with Crippen LogP contribution in [0, 0.1) is 0 Å². The number of urea groups is 1. The minimum absolute atomic E-state index is 0.00635. The van der Waals surface area contributed by atoms with Crippen molar-refractivity contribution in [2.75, 3.05) is 6.54 Å². The van der Waals surface area contributed by atoms with E-state index in [2.05, 4.69) is 36.9 Å². The van der Waals surface area contributed by atoms with Crippen molar-refractivity contribution in [3.63, 3.8) is 0 Å². The fraction of sp³-hybridized carbons (Fsp3) is 0.562. The monoisotopic (exact) mass is 331 g/mol. The number of carbonyl (C=O) groups excluding carboxylic acids is 1. The first-order chi connectivity index (χ1) is 11.3. The van der Waals surface area contributed by atoms with E-state index in [1.807, 2.05) is 4.90 Å². The molecule has 122 valence electrons. The Morgan fingerprint density at radius 3 is 3.13 bits per heavy atom. The second kappa shape index (κ2) is 6.31. The van der Waals surface area contributed by atoms with Crippen LogP contribution in [0.2, 0.25) is 0 Å². The SMILES string of the molecule is O=C(NCc1nnc2n1CCCC2)N1CCC[C@H]1c1ccsc1. The summed E-state index contributed by atoms with van der Waals surface area (Å²) >= 11 is 1.69. The molecule has 4 heterocycles. The number of carbonyl (C=O) groups is 1. The Kier molecular flexibility index (Phi) is 4.03. The summed E-state index contributed by atoms with van der Waals surface area (Å²) in [5.74, 6) is 1.93. The second-order valence-electron chi connectivity index (χ2n) is 6.21. The zero-order valence-corrected chi connectivity index (χ0v) is 13.9. The van der Waals surface area contributed by atoms with Crippen LogP contribution in [0.25, 0.3) is 0 Å². The number of amides is 2. The highest BCUT2D eigenvalue weighted by Crippen LogP contribution is 2.32. The van der Waals surface area contributed by atoms with Crippen LogP contribution in [0.5, 0.6) is 0 Å². The Bertz CT molecular complexity index is 681. The lowest BCUT2D eigenvalue weighted by Gasteiger charge is -2.24. The number of likely N-dealkylation sites (tertiary alicyclic amines) is 1. The highest BCUT2D eigenvalue weighted by Gasteiger charge is 2.30. The Balaban J connectivity index is 1.41. The normalized spacial score (nSPS) is 20.5. The molecule has 0 aromatic carbocycles. The highest BCUT2D eigenvalue weighted by molar-refractivity contribution is 7.07. The molecular formula is C16H21N5OS. The number of rotatable bonds is 3. The minimum Gasteiger partial charge on any atom is -0.331 e. The maximum atomic E-state index is 12.6. The highest BCUT2D eigenvalue weighted by atomic mass is 32.1. The third-order valence-electron chi connectivity index (χ3n) is 4.78. The number of hydrogen-bond donors (Lipinski definition) is 1. The first-order valence-corrected chi connectivity index (χ1v) is 9.25. The molecule has 0 bridgehead atoms. The summed E-state index contributed by atoms with van der Waals surface area (Å²) in [4.78, 5) is 14.5. The molecule has 23 heavy (non-hydrogen) atoms. The molecule has 0 spiro atoms. The van der Waals surface area contributed by atoms with E-state index in [0.717, 1.165) is 44.0 Å². The minimum atomic E-state index is 0.00635. The largest absolute Gasteiger partial charge is 0.331 e. The maximum absolute atomic E-state index is 12.6. The standard InChI is InChI=1S/C16H21N5OS/c22-16(20-8-3-4-13(20)12-6-9-23-11-12)17-10-15-19-18-14-5-1-2-7-21(14)15/h6,9,11,13H,1-5,7-8,10H2,(H,17,22)/t13-/m0/s1. The molecule has 1 saturated heterocycles. The van der Waals surface area contributed by atoms with Gasteiger partial charge in [0.05, 0.1) is 12.6 Å². The van der Waals surface area contributed by atoms with Gasteiger partial charge in [0.2, 0.25) is 0 Å². The van der Waals surface area contributed by atoms with Gasteiger partial charge in [0.25, 0.3) is 0 Å². The lowest BCUT2D eigenvalue weighted by atomic mass is 10.1. The molecule has 4 rings (SSSR count). The lowest BCUT2D eigenvalue weighted by Crippen LogP contribution is -2.39. The molecule has 2 aromatic rings. The summed E-state index contributed by atoms with van der Waals surface area (Å²) < 4.78 is 2.16. The van der Waals surface area contributed by atoms with Crippen LogP contribution in [-0.4, -0.2) is 32.2 Å².